The van der Waals surface area contributed by atoms with Gasteiger partial charge >= 0.3 is 0 Å². The highest BCUT2D eigenvalue weighted by atomic mass is 19.1. The molecule has 1 aliphatic rings. The van der Waals surface area contributed by atoms with Gasteiger partial charge in [-0.2, -0.15) is 0 Å². The van der Waals surface area contributed by atoms with Gasteiger partial charge < -0.3 is 18.6 Å². The molecule has 1 saturated heterocycles. The maximum atomic E-state index is 13.6. The molecule has 1 aromatic carbocycles. The van der Waals surface area contributed by atoms with Crippen LogP contribution in [-0.2, 0) is 0 Å². The molecule has 4 aromatic rings. The van der Waals surface area contributed by atoms with E-state index in [-0.39, 0.29) is 11.7 Å². The Labute approximate surface area is 185 Å². The SMILES string of the molecule is CN(C)C1CCN(C(=O)c2cc3ccc(-c4ccc(F)cc4)cn3c2-c2cocn2)CC1. The summed E-state index contributed by atoms with van der Waals surface area (Å²) in [4.78, 5) is 22.0. The lowest BCUT2D eigenvalue weighted by molar-refractivity contribution is 0.0664. The number of carbonyl (C=O) groups excluding carboxylic acids is 1. The maximum Gasteiger partial charge on any atom is 0.256 e. The van der Waals surface area contributed by atoms with Gasteiger partial charge in [-0.1, -0.05) is 18.2 Å². The Morgan fingerprint density at radius 1 is 1.09 bits per heavy atom. The van der Waals surface area contributed by atoms with Gasteiger partial charge in [-0.15, -0.1) is 0 Å². The number of benzene rings is 1. The van der Waals surface area contributed by atoms with Crippen LogP contribution in [0.1, 0.15) is 23.2 Å². The summed E-state index contributed by atoms with van der Waals surface area (Å²) < 4.78 is 20.6. The van der Waals surface area contributed by atoms with Crippen LogP contribution in [0.4, 0.5) is 4.39 Å². The van der Waals surface area contributed by atoms with Crippen molar-refractivity contribution in [1.29, 1.82) is 0 Å². The third-order valence-corrected chi connectivity index (χ3v) is 6.33. The second-order valence-electron chi connectivity index (χ2n) is 8.49. The van der Waals surface area contributed by atoms with Crippen LogP contribution in [0.5, 0.6) is 0 Å². The minimum absolute atomic E-state index is 0.00670. The Morgan fingerprint density at radius 2 is 1.81 bits per heavy atom. The minimum Gasteiger partial charge on any atom is -0.451 e. The molecule has 32 heavy (non-hydrogen) atoms. The summed E-state index contributed by atoms with van der Waals surface area (Å²) in [5.74, 6) is -0.266. The average Bonchev–Trinajstić information content (AvgIpc) is 3.46. The van der Waals surface area contributed by atoms with E-state index in [1.807, 2.05) is 33.7 Å². The van der Waals surface area contributed by atoms with Crippen molar-refractivity contribution in [2.24, 2.45) is 0 Å². The van der Waals surface area contributed by atoms with Crippen molar-refractivity contribution in [1.82, 2.24) is 19.2 Å². The Morgan fingerprint density at radius 3 is 2.47 bits per heavy atom. The van der Waals surface area contributed by atoms with Gasteiger partial charge in [0.2, 0.25) is 0 Å². The number of likely N-dealkylation sites (tertiary alicyclic amines) is 1. The molecule has 0 N–H and O–H groups in total. The van der Waals surface area contributed by atoms with Crippen molar-refractivity contribution in [3.05, 3.63) is 72.7 Å². The normalized spacial score (nSPS) is 15.1. The fourth-order valence-corrected chi connectivity index (χ4v) is 4.49. The predicted octanol–water partition coefficient (Wildman–Crippen LogP) is 4.57. The second-order valence-corrected chi connectivity index (χ2v) is 8.49. The minimum atomic E-state index is -0.273. The zero-order valence-corrected chi connectivity index (χ0v) is 18.2. The molecule has 1 amide bonds. The third kappa shape index (κ3) is 3.69. The molecule has 0 saturated carbocycles. The molecule has 1 fully saturated rings. The number of piperidine rings is 1. The summed E-state index contributed by atoms with van der Waals surface area (Å²) in [5, 5.41) is 0. The molecule has 0 aliphatic carbocycles. The Bertz CT molecular complexity index is 1240. The number of nitrogens with zero attached hydrogens (tertiary/aromatic N) is 4. The average molecular weight is 432 g/mol. The molecule has 164 valence electrons. The first-order valence-corrected chi connectivity index (χ1v) is 10.8. The molecule has 0 radical (unpaired) electrons. The highest BCUT2D eigenvalue weighted by Crippen LogP contribution is 2.31. The second kappa shape index (κ2) is 8.24. The Balaban J connectivity index is 1.56. The summed E-state index contributed by atoms with van der Waals surface area (Å²) in [7, 11) is 4.17. The van der Waals surface area contributed by atoms with Gasteiger partial charge in [0.1, 0.15) is 17.8 Å². The summed E-state index contributed by atoms with van der Waals surface area (Å²) in [6, 6.07) is 12.7. The number of hydrogen-bond donors (Lipinski definition) is 0. The molecular formula is C25H25FN4O2. The van der Waals surface area contributed by atoms with Gasteiger partial charge in [-0.3, -0.25) is 4.79 Å². The van der Waals surface area contributed by atoms with E-state index in [1.54, 1.807) is 18.4 Å². The van der Waals surface area contributed by atoms with E-state index in [1.165, 1.54) is 18.5 Å². The monoisotopic (exact) mass is 432 g/mol. The standard InChI is InChI=1S/C25H25FN4O2/c1-28(2)20-9-11-29(12-10-20)25(31)22-13-21-8-5-18(17-3-6-19(26)7-4-17)14-30(21)24(22)23-15-32-16-27-23/h3-8,13-16,20H,9-12H2,1-2H3. The van der Waals surface area contributed by atoms with E-state index in [9.17, 15) is 9.18 Å². The summed E-state index contributed by atoms with van der Waals surface area (Å²) >= 11 is 0. The van der Waals surface area contributed by atoms with E-state index in [0.717, 1.165) is 42.6 Å². The zero-order chi connectivity index (χ0) is 22.2. The number of halogens is 1. The number of amides is 1. The number of rotatable bonds is 4. The van der Waals surface area contributed by atoms with Crippen molar-refractivity contribution in [2.75, 3.05) is 27.2 Å². The van der Waals surface area contributed by atoms with E-state index in [0.29, 0.717) is 23.0 Å². The quantitative estimate of drug-likeness (QED) is 0.474. The van der Waals surface area contributed by atoms with Crippen LogP contribution >= 0.6 is 0 Å². The predicted molar refractivity (Wildman–Crippen MR) is 121 cm³/mol. The van der Waals surface area contributed by atoms with Crippen molar-refractivity contribution in [3.63, 3.8) is 0 Å². The molecule has 0 atom stereocenters. The Hall–Kier alpha value is -3.45. The first-order chi connectivity index (χ1) is 15.5. The van der Waals surface area contributed by atoms with Crippen LogP contribution in [0.15, 0.2) is 65.7 Å². The van der Waals surface area contributed by atoms with Crippen LogP contribution in [0, 0.1) is 5.82 Å². The number of oxazole rings is 1. The molecule has 0 bridgehead atoms. The van der Waals surface area contributed by atoms with Crippen LogP contribution in [-0.4, -0.2) is 58.3 Å². The first kappa shape index (κ1) is 20.5. The first-order valence-electron chi connectivity index (χ1n) is 10.8. The molecule has 5 rings (SSSR count). The van der Waals surface area contributed by atoms with Gasteiger partial charge in [0, 0.05) is 30.8 Å². The van der Waals surface area contributed by atoms with E-state index in [2.05, 4.69) is 24.0 Å². The number of fused-ring (bicyclic) bond motifs is 1. The highest BCUT2D eigenvalue weighted by molar-refractivity contribution is 6.02. The maximum absolute atomic E-state index is 13.6. The van der Waals surface area contributed by atoms with Gasteiger partial charge in [0.15, 0.2) is 6.39 Å². The summed E-state index contributed by atoms with van der Waals surface area (Å²) in [5.41, 5.74) is 4.62. The zero-order valence-electron chi connectivity index (χ0n) is 18.2. The lowest BCUT2D eigenvalue weighted by atomic mass is 10.0. The molecule has 3 aromatic heterocycles. The number of hydrogen-bond acceptors (Lipinski definition) is 4. The topological polar surface area (TPSA) is 54.0 Å². The van der Waals surface area contributed by atoms with E-state index >= 15 is 0 Å². The van der Waals surface area contributed by atoms with E-state index < -0.39 is 0 Å². The molecule has 0 unspecified atom stereocenters. The molecule has 7 heteroatoms. The largest absolute Gasteiger partial charge is 0.451 e. The van der Waals surface area contributed by atoms with E-state index in [4.69, 9.17) is 4.42 Å². The fourth-order valence-electron chi connectivity index (χ4n) is 4.49. The summed E-state index contributed by atoms with van der Waals surface area (Å²) in [6.45, 7) is 1.46. The number of carbonyl (C=O) groups is 1. The lowest BCUT2D eigenvalue weighted by Gasteiger charge is -2.35. The van der Waals surface area contributed by atoms with Crippen LogP contribution in [0.3, 0.4) is 0 Å². The molecule has 6 nitrogen and oxygen atoms in total. The molecule has 4 heterocycles. The smallest absolute Gasteiger partial charge is 0.256 e. The number of aromatic nitrogens is 2. The third-order valence-electron chi connectivity index (χ3n) is 6.33. The fraction of sp³-hybridized carbons (Fsp3) is 0.280. The summed E-state index contributed by atoms with van der Waals surface area (Å²) in [6.07, 6.45) is 6.80. The van der Waals surface area contributed by atoms with Gasteiger partial charge in [-0.25, -0.2) is 9.37 Å². The van der Waals surface area contributed by atoms with Crippen LogP contribution in [0.2, 0.25) is 0 Å². The lowest BCUT2D eigenvalue weighted by Crippen LogP contribution is -2.44. The Kier molecular flexibility index (Phi) is 5.27. The number of pyridine rings is 1. The van der Waals surface area contributed by atoms with Crippen molar-refractivity contribution < 1.29 is 13.6 Å². The highest BCUT2D eigenvalue weighted by Gasteiger charge is 2.28. The van der Waals surface area contributed by atoms with Crippen LogP contribution < -0.4 is 0 Å². The molecular weight excluding hydrogens is 407 g/mol. The molecule has 0 spiro atoms. The van der Waals surface area contributed by atoms with Gasteiger partial charge in [0.05, 0.1) is 11.3 Å². The van der Waals surface area contributed by atoms with Gasteiger partial charge in [0.25, 0.3) is 5.91 Å². The van der Waals surface area contributed by atoms with Crippen molar-refractivity contribution in [2.45, 2.75) is 18.9 Å². The molecule has 1 aliphatic heterocycles. The van der Waals surface area contributed by atoms with Crippen molar-refractivity contribution in [3.8, 4) is 22.5 Å². The van der Waals surface area contributed by atoms with Crippen molar-refractivity contribution >= 4 is 11.4 Å². The van der Waals surface area contributed by atoms with Gasteiger partial charge in [-0.05, 0) is 62.3 Å². The van der Waals surface area contributed by atoms with Crippen LogP contribution in [0.25, 0.3) is 28.0 Å².